The first-order valence-electron chi connectivity index (χ1n) is 3.46. The van der Waals surface area contributed by atoms with E-state index in [0.29, 0.717) is 0 Å². The van der Waals surface area contributed by atoms with Crippen LogP contribution in [0.1, 0.15) is 6.42 Å². The maximum atomic E-state index is 5.38. The fourth-order valence-electron chi connectivity index (χ4n) is 0.660. The molecule has 1 nitrogen and oxygen atoms in total. The van der Waals surface area contributed by atoms with E-state index in [1.54, 1.807) is 0 Å². The lowest BCUT2D eigenvalue weighted by atomic mass is 10.5. The summed E-state index contributed by atoms with van der Waals surface area (Å²) in [4.78, 5) is 0. The van der Waals surface area contributed by atoms with Crippen LogP contribution in [-0.2, 0) is 0 Å². The van der Waals surface area contributed by atoms with Gasteiger partial charge in [0.2, 0.25) is 0 Å². The maximum absolute atomic E-state index is 5.38. The van der Waals surface area contributed by atoms with Gasteiger partial charge in [0.15, 0.2) is 0 Å². The molecule has 0 unspecified atom stereocenters. The second-order valence-corrected chi connectivity index (χ2v) is 7.97. The van der Waals surface area contributed by atoms with Gasteiger partial charge in [-0.05, 0) is 13.0 Å². The topological polar surface area (TPSA) is 26.0 Å². The summed E-state index contributed by atoms with van der Waals surface area (Å²) >= 11 is 0. The minimum atomic E-state index is -1.01. The zero-order valence-corrected chi connectivity index (χ0v) is 7.48. The molecule has 0 atom stereocenters. The summed E-state index contributed by atoms with van der Waals surface area (Å²) in [6.45, 7) is 9.26. The van der Waals surface area contributed by atoms with Crippen LogP contribution in [0.3, 0.4) is 0 Å². The first-order valence-corrected chi connectivity index (χ1v) is 6.74. The van der Waals surface area contributed by atoms with E-state index in [4.69, 9.17) is 5.73 Å². The Hall–Kier alpha value is -0.0831. The average Bonchev–Trinajstić information content (AvgIpc) is 1.84. The summed E-state index contributed by atoms with van der Waals surface area (Å²) in [5.41, 5.74) is 7.51. The van der Waals surface area contributed by atoms with Crippen molar-refractivity contribution in [3.63, 3.8) is 0 Å². The Morgan fingerprint density at radius 3 is 2.44 bits per heavy atom. The molecule has 0 aliphatic rings. The summed E-state index contributed by atoms with van der Waals surface area (Å²) in [7, 11) is -1.01. The van der Waals surface area contributed by atoms with E-state index in [2.05, 4.69) is 25.4 Å². The number of nitrogens with two attached hydrogens (primary N) is 1. The van der Waals surface area contributed by atoms with E-state index < -0.39 is 8.07 Å². The van der Waals surface area contributed by atoms with Gasteiger partial charge in [0, 0.05) is 0 Å². The Morgan fingerprint density at radius 2 is 2.11 bits per heavy atom. The highest BCUT2D eigenvalue weighted by molar-refractivity contribution is 6.82. The third kappa shape index (κ3) is 4.42. The van der Waals surface area contributed by atoms with Crippen molar-refractivity contribution in [3.05, 3.63) is 12.3 Å². The van der Waals surface area contributed by atoms with Crippen molar-refractivity contribution in [1.82, 2.24) is 0 Å². The standard InChI is InChI=1S/C7H17NSi/c1-4-9(2,3)7-5-6-8/h4H,1,5-8H2,2-3H3. The smallest absolute Gasteiger partial charge is 0.0710 e. The number of hydrogen-bond donors (Lipinski definition) is 1. The monoisotopic (exact) mass is 143 g/mol. The molecular weight excluding hydrogens is 126 g/mol. The van der Waals surface area contributed by atoms with Crippen LogP contribution in [0, 0.1) is 0 Å². The zero-order chi connectivity index (χ0) is 7.33. The Bertz CT molecular complexity index is 88.9. The van der Waals surface area contributed by atoms with Gasteiger partial charge in [-0.15, -0.1) is 12.3 Å². The van der Waals surface area contributed by atoms with Crippen LogP contribution in [0.4, 0.5) is 0 Å². The van der Waals surface area contributed by atoms with Crippen molar-refractivity contribution in [3.8, 4) is 0 Å². The molecule has 54 valence electrons. The molecule has 0 aromatic carbocycles. The van der Waals surface area contributed by atoms with Gasteiger partial charge >= 0.3 is 0 Å². The maximum Gasteiger partial charge on any atom is 0.0710 e. The van der Waals surface area contributed by atoms with Crippen LogP contribution in [0.2, 0.25) is 19.1 Å². The van der Waals surface area contributed by atoms with E-state index in [0.717, 1.165) is 13.0 Å². The van der Waals surface area contributed by atoms with Crippen LogP contribution < -0.4 is 5.73 Å². The molecule has 0 spiro atoms. The largest absolute Gasteiger partial charge is 0.330 e. The third-order valence-electron chi connectivity index (χ3n) is 1.58. The van der Waals surface area contributed by atoms with Gasteiger partial charge in [-0.3, -0.25) is 0 Å². The second-order valence-electron chi connectivity index (χ2n) is 3.08. The van der Waals surface area contributed by atoms with E-state index >= 15 is 0 Å². The zero-order valence-electron chi connectivity index (χ0n) is 6.48. The molecule has 0 radical (unpaired) electrons. The lowest BCUT2D eigenvalue weighted by Gasteiger charge is -2.15. The first kappa shape index (κ1) is 8.92. The van der Waals surface area contributed by atoms with Crippen LogP contribution in [0.5, 0.6) is 0 Å². The van der Waals surface area contributed by atoms with Gasteiger partial charge in [-0.2, -0.15) is 0 Å². The van der Waals surface area contributed by atoms with Gasteiger partial charge in [0.1, 0.15) is 0 Å². The molecule has 0 aliphatic carbocycles. The fraction of sp³-hybridized carbons (Fsp3) is 0.714. The molecule has 2 heteroatoms. The van der Waals surface area contributed by atoms with Gasteiger partial charge in [-0.1, -0.05) is 19.1 Å². The summed E-state index contributed by atoms with van der Waals surface area (Å²) in [5.74, 6) is 0. The normalized spacial score (nSPS) is 11.4. The minimum absolute atomic E-state index is 0.824. The lowest BCUT2D eigenvalue weighted by Crippen LogP contribution is -2.22. The highest BCUT2D eigenvalue weighted by Gasteiger charge is 2.13. The predicted octanol–water partition coefficient (Wildman–Crippen LogP) is 1.77. The van der Waals surface area contributed by atoms with Crippen LogP contribution in [-0.4, -0.2) is 14.6 Å². The Morgan fingerprint density at radius 1 is 1.56 bits per heavy atom. The van der Waals surface area contributed by atoms with E-state index in [9.17, 15) is 0 Å². The molecule has 0 saturated carbocycles. The highest BCUT2D eigenvalue weighted by Crippen LogP contribution is 2.11. The van der Waals surface area contributed by atoms with Crippen LogP contribution in [0.25, 0.3) is 0 Å². The van der Waals surface area contributed by atoms with Crippen LogP contribution in [0.15, 0.2) is 12.3 Å². The molecule has 0 rings (SSSR count). The Balaban J connectivity index is 3.45. The summed E-state index contributed by atoms with van der Waals surface area (Å²) < 4.78 is 0. The molecule has 0 aromatic rings. The molecule has 0 fully saturated rings. The Labute approximate surface area is 59.0 Å². The molecule has 0 amide bonds. The third-order valence-corrected chi connectivity index (χ3v) is 4.33. The molecule has 0 aliphatic heterocycles. The fourth-order valence-corrected chi connectivity index (χ4v) is 1.98. The number of hydrogen-bond acceptors (Lipinski definition) is 1. The van der Waals surface area contributed by atoms with Gasteiger partial charge < -0.3 is 5.73 Å². The van der Waals surface area contributed by atoms with Gasteiger partial charge in [-0.25, -0.2) is 0 Å². The molecule has 0 saturated heterocycles. The molecule has 2 N–H and O–H groups in total. The molecule has 9 heavy (non-hydrogen) atoms. The van der Waals surface area contributed by atoms with Crippen molar-refractivity contribution in [2.24, 2.45) is 5.73 Å². The van der Waals surface area contributed by atoms with Crippen molar-refractivity contribution in [1.29, 1.82) is 0 Å². The first-order chi connectivity index (χ1) is 4.12. The highest BCUT2D eigenvalue weighted by atomic mass is 28.3. The SMILES string of the molecule is C=C[Si](C)(C)CCCN. The number of rotatable bonds is 4. The van der Waals surface area contributed by atoms with Gasteiger partial charge in [0.05, 0.1) is 8.07 Å². The quantitative estimate of drug-likeness (QED) is 0.596. The van der Waals surface area contributed by atoms with E-state index in [1.807, 2.05) is 0 Å². The predicted molar refractivity (Wildman–Crippen MR) is 46.2 cm³/mol. The van der Waals surface area contributed by atoms with Crippen molar-refractivity contribution in [2.75, 3.05) is 6.54 Å². The van der Waals surface area contributed by atoms with Crippen molar-refractivity contribution < 1.29 is 0 Å². The van der Waals surface area contributed by atoms with E-state index in [-0.39, 0.29) is 0 Å². The average molecular weight is 143 g/mol. The summed E-state index contributed by atoms with van der Waals surface area (Å²) in [6.07, 6.45) is 1.16. The van der Waals surface area contributed by atoms with E-state index in [1.165, 1.54) is 6.04 Å². The van der Waals surface area contributed by atoms with Crippen LogP contribution >= 0.6 is 0 Å². The van der Waals surface area contributed by atoms with Gasteiger partial charge in [0.25, 0.3) is 0 Å². The summed E-state index contributed by atoms with van der Waals surface area (Å²) in [5, 5.41) is 0. The lowest BCUT2D eigenvalue weighted by molar-refractivity contribution is 0.915. The molecular formula is C7H17NSi. The minimum Gasteiger partial charge on any atom is -0.330 e. The molecule has 0 bridgehead atoms. The Kier molecular flexibility index (Phi) is 3.82. The second kappa shape index (κ2) is 3.85. The van der Waals surface area contributed by atoms with Crippen molar-refractivity contribution >= 4 is 8.07 Å². The summed E-state index contributed by atoms with van der Waals surface area (Å²) in [6, 6.07) is 1.28. The molecule has 0 heterocycles. The van der Waals surface area contributed by atoms with Crippen molar-refractivity contribution in [2.45, 2.75) is 25.6 Å². The molecule has 0 aromatic heterocycles.